The number of aliphatic carboxylic acids is 1. The Hall–Kier alpha value is -2.04. The Labute approximate surface area is 177 Å². The van der Waals surface area contributed by atoms with Crippen molar-refractivity contribution in [3.63, 3.8) is 0 Å². The number of halogens is 2. The van der Waals surface area contributed by atoms with Gasteiger partial charge in [0.15, 0.2) is 12.4 Å². The summed E-state index contributed by atoms with van der Waals surface area (Å²) < 4.78 is 10.4. The Morgan fingerprint density at radius 3 is 2.61 bits per heavy atom. The van der Waals surface area contributed by atoms with E-state index in [1.807, 2.05) is 0 Å². The van der Waals surface area contributed by atoms with E-state index in [2.05, 4.69) is 15.9 Å². The molecule has 11 heteroatoms. The molecule has 0 radical (unpaired) electrons. The molecule has 0 aromatic heterocycles. The number of imide groups is 1. The van der Waals surface area contributed by atoms with Gasteiger partial charge in [0.05, 0.1) is 20.5 Å². The first-order valence-electron chi connectivity index (χ1n) is 7.87. The number of carbonyl (C=O) groups is 4. The quantitative estimate of drug-likeness (QED) is 0.454. The number of carboxylic acids is 1. The van der Waals surface area contributed by atoms with Gasteiger partial charge in [0.2, 0.25) is 0 Å². The minimum atomic E-state index is -1.16. The molecule has 1 aromatic carbocycles. The summed E-state index contributed by atoms with van der Waals surface area (Å²) in [5.41, 5.74) is 0.481. The fourth-order valence-electron chi connectivity index (χ4n) is 2.15. The normalized spacial score (nSPS) is 15.5. The summed E-state index contributed by atoms with van der Waals surface area (Å²) in [6.07, 6.45) is 1.08. The highest BCUT2D eigenvalue weighted by molar-refractivity contribution is 9.10. The van der Waals surface area contributed by atoms with E-state index >= 15 is 0 Å². The topological polar surface area (TPSA) is 110 Å². The zero-order chi connectivity index (χ0) is 21.0. The van der Waals surface area contributed by atoms with Gasteiger partial charge in [-0.2, -0.15) is 0 Å². The summed E-state index contributed by atoms with van der Waals surface area (Å²) in [4.78, 5) is 47.8. The van der Waals surface area contributed by atoms with Gasteiger partial charge in [-0.05, 0) is 65.3 Å². The van der Waals surface area contributed by atoms with Crippen LogP contribution < -0.4 is 4.74 Å². The van der Waals surface area contributed by atoms with Crippen molar-refractivity contribution in [3.05, 3.63) is 32.1 Å². The summed E-state index contributed by atoms with van der Waals surface area (Å²) in [5.74, 6) is -2.30. The molecular weight excluding hydrogens is 478 g/mol. The largest absolute Gasteiger partial charge is 0.479 e. The van der Waals surface area contributed by atoms with Crippen molar-refractivity contribution in [2.45, 2.75) is 20.0 Å². The summed E-state index contributed by atoms with van der Waals surface area (Å²) in [6.45, 7) is 2.30. The van der Waals surface area contributed by atoms with E-state index in [0.717, 1.165) is 4.90 Å². The first-order valence-corrected chi connectivity index (χ1v) is 9.85. The van der Waals surface area contributed by atoms with E-state index in [-0.39, 0.29) is 21.8 Å². The number of rotatable bonds is 7. The van der Waals surface area contributed by atoms with E-state index in [1.165, 1.54) is 12.1 Å². The molecule has 1 aliphatic heterocycles. The van der Waals surface area contributed by atoms with Crippen molar-refractivity contribution in [3.8, 4) is 5.75 Å². The van der Waals surface area contributed by atoms with Crippen LogP contribution in [-0.4, -0.2) is 52.3 Å². The maximum atomic E-state index is 12.4. The molecule has 1 N–H and O–H groups in total. The molecule has 0 saturated carbocycles. The zero-order valence-electron chi connectivity index (χ0n) is 14.7. The van der Waals surface area contributed by atoms with Crippen LogP contribution in [0.25, 0.3) is 6.08 Å². The van der Waals surface area contributed by atoms with Crippen LogP contribution >= 0.6 is 39.3 Å². The van der Waals surface area contributed by atoms with Gasteiger partial charge in [-0.3, -0.25) is 19.3 Å². The number of nitrogens with zero attached hydrogens (tertiary/aromatic N) is 1. The molecular formula is C17H15BrClNO7S. The first-order chi connectivity index (χ1) is 13.1. The molecule has 2 amide bonds. The average molecular weight is 493 g/mol. The van der Waals surface area contributed by atoms with Crippen LogP contribution in [0.3, 0.4) is 0 Å². The molecule has 0 atom stereocenters. The van der Waals surface area contributed by atoms with Crippen LogP contribution in [-0.2, 0) is 19.1 Å². The minimum Gasteiger partial charge on any atom is -0.479 e. The predicted octanol–water partition coefficient (Wildman–Crippen LogP) is 3.55. The zero-order valence-corrected chi connectivity index (χ0v) is 17.9. The summed E-state index contributed by atoms with van der Waals surface area (Å²) in [7, 11) is 0. The molecule has 0 bridgehead atoms. The van der Waals surface area contributed by atoms with Gasteiger partial charge in [0.1, 0.15) is 6.54 Å². The van der Waals surface area contributed by atoms with E-state index in [4.69, 9.17) is 26.2 Å². The van der Waals surface area contributed by atoms with Crippen molar-refractivity contribution in [2.75, 3.05) is 13.2 Å². The lowest BCUT2D eigenvalue weighted by atomic mass is 10.2. The van der Waals surface area contributed by atoms with Gasteiger partial charge in [-0.25, -0.2) is 4.79 Å². The van der Waals surface area contributed by atoms with Crippen molar-refractivity contribution in [1.82, 2.24) is 4.90 Å². The van der Waals surface area contributed by atoms with Gasteiger partial charge in [0.25, 0.3) is 11.1 Å². The SMILES string of the molecule is CC(C)OC(=O)CN1C(=O)S/C(=C/c2cc(Cl)c(OCC(=O)O)c(Br)c2)C1=O. The molecule has 0 spiro atoms. The number of hydrogen-bond acceptors (Lipinski definition) is 7. The van der Waals surface area contributed by atoms with E-state index in [0.29, 0.717) is 21.8 Å². The average Bonchev–Trinajstić information content (AvgIpc) is 2.80. The number of amides is 2. The lowest BCUT2D eigenvalue weighted by Gasteiger charge is -2.13. The predicted molar refractivity (Wildman–Crippen MR) is 106 cm³/mol. The van der Waals surface area contributed by atoms with Crippen LogP contribution in [0.15, 0.2) is 21.5 Å². The van der Waals surface area contributed by atoms with Gasteiger partial charge < -0.3 is 14.6 Å². The third kappa shape index (κ3) is 5.73. The van der Waals surface area contributed by atoms with Crippen LogP contribution in [0, 0.1) is 0 Å². The lowest BCUT2D eigenvalue weighted by Crippen LogP contribution is -2.35. The molecule has 1 fully saturated rings. The standard InChI is InChI=1S/C17H15BrClNO7S/c1-8(2)27-14(23)6-20-16(24)12(28-17(20)25)5-9-3-10(18)15(11(19)4-9)26-7-13(21)22/h3-5,8H,6-7H2,1-2H3,(H,21,22)/b12-5+. The third-order valence-corrected chi connectivity index (χ3v) is 4.96. The second kappa shape index (κ2) is 9.44. The summed E-state index contributed by atoms with van der Waals surface area (Å²) in [5, 5.41) is 8.23. The van der Waals surface area contributed by atoms with E-state index in [1.54, 1.807) is 19.9 Å². The molecule has 28 heavy (non-hydrogen) atoms. The van der Waals surface area contributed by atoms with Crippen LogP contribution in [0.1, 0.15) is 19.4 Å². The fraction of sp³-hybridized carbons (Fsp3) is 0.294. The van der Waals surface area contributed by atoms with Crippen molar-refractivity contribution in [1.29, 1.82) is 0 Å². The van der Waals surface area contributed by atoms with Crippen molar-refractivity contribution >= 4 is 68.5 Å². The number of hydrogen-bond donors (Lipinski definition) is 1. The molecule has 1 saturated heterocycles. The number of carboxylic acid groups (broad SMARTS) is 1. The Kier molecular flexibility index (Phi) is 7.50. The molecule has 1 aliphatic rings. The highest BCUT2D eigenvalue weighted by Crippen LogP contribution is 2.37. The van der Waals surface area contributed by atoms with Gasteiger partial charge in [0, 0.05) is 0 Å². The molecule has 0 aliphatic carbocycles. The van der Waals surface area contributed by atoms with Crippen molar-refractivity contribution < 1.29 is 33.8 Å². The van der Waals surface area contributed by atoms with Crippen LogP contribution in [0.5, 0.6) is 5.75 Å². The lowest BCUT2D eigenvalue weighted by molar-refractivity contribution is -0.149. The summed E-state index contributed by atoms with van der Waals surface area (Å²) >= 11 is 10.0. The van der Waals surface area contributed by atoms with Crippen molar-refractivity contribution in [2.24, 2.45) is 0 Å². The maximum Gasteiger partial charge on any atom is 0.341 e. The molecule has 0 unspecified atom stereocenters. The number of esters is 1. The fourth-order valence-corrected chi connectivity index (χ4v) is 3.98. The number of benzene rings is 1. The molecule has 1 heterocycles. The number of thioether (sulfide) groups is 1. The smallest absolute Gasteiger partial charge is 0.341 e. The summed E-state index contributed by atoms with van der Waals surface area (Å²) in [6, 6.07) is 3.02. The highest BCUT2D eigenvalue weighted by atomic mass is 79.9. The van der Waals surface area contributed by atoms with E-state index in [9.17, 15) is 19.2 Å². The maximum absolute atomic E-state index is 12.4. The monoisotopic (exact) mass is 491 g/mol. The third-order valence-electron chi connectivity index (χ3n) is 3.19. The highest BCUT2D eigenvalue weighted by Gasteiger charge is 2.36. The molecule has 2 rings (SSSR count). The van der Waals surface area contributed by atoms with E-state index < -0.39 is 36.2 Å². The van der Waals surface area contributed by atoms with Gasteiger partial charge >= 0.3 is 11.9 Å². The Bertz CT molecular complexity index is 848. The second-order valence-electron chi connectivity index (χ2n) is 5.80. The van der Waals surface area contributed by atoms with Gasteiger partial charge in [-0.1, -0.05) is 11.6 Å². The van der Waals surface area contributed by atoms with Gasteiger partial charge in [-0.15, -0.1) is 0 Å². The van der Waals surface area contributed by atoms with Crippen LogP contribution in [0.2, 0.25) is 5.02 Å². The first kappa shape index (κ1) is 22.3. The Morgan fingerprint density at radius 2 is 2.04 bits per heavy atom. The molecule has 1 aromatic rings. The Balaban J connectivity index is 2.19. The molecule has 8 nitrogen and oxygen atoms in total. The Morgan fingerprint density at radius 1 is 1.36 bits per heavy atom. The minimum absolute atomic E-state index is 0.115. The second-order valence-corrected chi connectivity index (χ2v) is 8.06. The van der Waals surface area contributed by atoms with Crippen LogP contribution in [0.4, 0.5) is 4.79 Å². The molecule has 150 valence electrons. The number of carbonyl (C=O) groups excluding carboxylic acids is 3. The number of ether oxygens (including phenoxy) is 2.